The summed E-state index contributed by atoms with van der Waals surface area (Å²) in [5.74, 6) is -0.0855. The van der Waals surface area contributed by atoms with E-state index in [9.17, 15) is 14.0 Å². The molecule has 1 saturated heterocycles. The number of nitrogens with zero attached hydrogens (tertiary/aromatic N) is 4. The van der Waals surface area contributed by atoms with Crippen molar-refractivity contribution in [3.05, 3.63) is 52.2 Å². The van der Waals surface area contributed by atoms with E-state index in [1.165, 1.54) is 18.2 Å². The highest BCUT2D eigenvalue weighted by atomic mass is 19.1. The van der Waals surface area contributed by atoms with Gasteiger partial charge >= 0.3 is 0 Å². The maximum absolute atomic E-state index is 13.1. The molecule has 1 N–H and O–H groups in total. The first-order valence-corrected chi connectivity index (χ1v) is 8.86. The van der Waals surface area contributed by atoms with Crippen LogP contribution in [0.4, 0.5) is 16.0 Å². The second-order valence-corrected chi connectivity index (χ2v) is 7.10. The van der Waals surface area contributed by atoms with Gasteiger partial charge in [-0.3, -0.25) is 14.6 Å². The summed E-state index contributed by atoms with van der Waals surface area (Å²) in [7, 11) is 5.83. The van der Waals surface area contributed by atoms with Crippen molar-refractivity contribution in [2.45, 2.75) is 12.3 Å². The molecule has 2 aromatic rings. The van der Waals surface area contributed by atoms with Gasteiger partial charge in [0.15, 0.2) is 0 Å². The van der Waals surface area contributed by atoms with Crippen LogP contribution < -0.4 is 15.4 Å². The van der Waals surface area contributed by atoms with E-state index < -0.39 is 0 Å². The van der Waals surface area contributed by atoms with Gasteiger partial charge in [-0.2, -0.15) is 0 Å². The van der Waals surface area contributed by atoms with Gasteiger partial charge < -0.3 is 14.7 Å². The zero-order valence-corrected chi connectivity index (χ0v) is 15.8. The highest BCUT2D eigenvalue weighted by molar-refractivity contribution is 5.96. The van der Waals surface area contributed by atoms with Crippen LogP contribution in [0.5, 0.6) is 0 Å². The third-order valence-corrected chi connectivity index (χ3v) is 4.67. The molecule has 1 atom stereocenters. The van der Waals surface area contributed by atoms with Crippen molar-refractivity contribution >= 4 is 17.5 Å². The lowest BCUT2D eigenvalue weighted by Crippen LogP contribution is -2.31. The summed E-state index contributed by atoms with van der Waals surface area (Å²) in [5, 5.41) is 0. The van der Waals surface area contributed by atoms with Crippen molar-refractivity contribution in [1.29, 1.82) is 0 Å². The highest BCUT2D eigenvalue weighted by Crippen LogP contribution is 2.30. The Bertz CT molecular complexity index is 865. The molecule has 7 nitrogen and oxygen atoms in total. The molecular weight excluding hydrogens is 349 g/mol. The number of aromatic amines is 1. The van der Waals surface area contributed by atoms with Crippen molar-refractivity contribution in [2.24, 2.45) is 0 Å². The van der Waals surface area contributed by atoms with Crippen LogP contribution in [0.15, 0.2) is 35.1 Å². The smallest absolute Gasteiger partial charge is 0.252 e. The summed E-state index contributed by atoms with van der Waals surface area (Å²) >= 11 is 0. The molecule has 0 radical (unpaired) electrons. The number of anilines is 2. The number of aromatic nitrogens is 2. The fourth-order valence-electron chi connectivity index (χ4n) is 3.09. The fraction of sp³-hybridized carbons (Fsp3) is 0.421. The molecule has 2 heterocycles. The minimum Gasteiger partial charge on any atom is -0.344 e. The molecule has 27 heavy (non-hydrogen) atoms. The number of hydrogen-bond donors (Lipinski definition) is 1. The molecular formula is C19H24FN5O2. The fourth-order valence-corrected chi connectivity index (χ4v) is 3.09. The molecule has 0 spiro atoms. The van der Waals surface area contributed by atoms with Crippen LogP contribution in [0.3, 0.4) is 0 Å². The third-order valence-electron chi connectivity index (χ3n) is 4.67. The molecule has 1 aliphatic rings. The third kappa shape index (κ3) is 4.51. The standard InChI is InChI=1S/C19H24FN5O2/c1-23(2)8-9-24(3)19-21-16(11-17(26)22-19)13-10-18(27)25(12-13)15-6-4-14(20)5-7-15/h4-7,11,13H,8-10,12H2,1-3H3,(H,21,22,26)/t13-/m0/s1. The Morgan fingerprint density at radius 1 is 1.19 bits per heavy atom. The summed E-state index contributed by atoms with van der Waals surface area (Å²) < 4.78 is 13.1. The summed E-state index contributed by atoms with van der Waals surface area (Å²) in [4.78, 5) is 37.4. The number of carbonyl (C=O) groups excluding carboxylic acids is 1. The molecule has 0 bridgehead atoms. The van der Waals surface area contributed by atoms with Crippen molar-refractivity contribution in [3.8, 4) is 0 Å². The predicted molar refractivity (Wildman–Crippen MR) is 103 cm³/mol. The Labute approximate surface area is 157 Å². The summed E-state index contributed by atoms with van der Waals surface area (Å²) in [6, 6.07) is 7.29. The maximum Gasteiger partial charge on any atom is 0.252 e. The van der Waals surface area contributed by atoms with Crippen molar-refractivity contribution in [1.82, 2.24) is 14.9 Å². The quantitative estimate of drug-likeness (QED) is 0.829. The average Bonchev–Trinajstić information content (AvgIpc) is 3.01. The van der Waals surface area contributed by atoms with Gasteiger partial charge in [0, 0.05) is 50.8 Å². The molecule has 1 fully saturated rings. The normalized spacial score (nSPS) is 17.0. The molecule has 8 heteroatoms. The van der Waals surface area contributed by atoms with E-state index in [-0.39, 0.29) is 29.6 Å². The van der Waals surface area contributed by atoms with Gasteiger partial charge in [0.05, 0.1) is 5.69 Å². The molecule has 1 aliphatic heterocycles. The molecule has 0 aliphatic carbocycles. The van der Waals surface area contributed by atoms with E-state index in [1.807, 2.05) is 26.0 Å². The Morgan fingerprint density at radius 2 is 1.89 bits per heavy atom. The summed E-state index contributed by atoms with van der Waals surface area (Å²) in [5.41, 5.74) is 1.01. The number of carbonyl (C=O) groups is 1. The van der Waals surface area contributed by atoms with E-state index in [0.717, 1.165) is 6.54 Å². The van der Waals surface area contributed by atoms with E-state index in [4.69, 9.17) is 0 Å². The van der Waals surface area contributed by atoms with E-state index >= 15 is 0 Å². The predicted octanol–water partition coefficient (Wildman–Crippen LogP) is 1.43. The Hall–Kier alpha value is -2.74. The molecule has 1 aromatic carbocycles. The van der Waals surface area contributed by atoms with Crippen molar-refractivity contribution in [2.75, 3.05) is 50.6 Å². The van der Waals surface area contributed by atoms with Crippen molar-refractivity contribution in [3.63, 3.8) is 0 Å². The first kappa shape index (κ1) is 19.0. The highest BCUT2D eigenvalue weighted by Gasteiger charge is 2.33. The average molecular weight is 373 g/mol. The van der Waals surface area contributed by atoms with Crippen LogP contribution >= 0.6 is 0 Å². The first-order valence-electron chi connectivity index (χ1n) is 8.86. The first-order chi connectivity index (χ1) is 12.8. The van der Waals surface area contributed by atoms with Crippen LogP contribution in [0, 0.1) is 5.82 Å². The van der Waals surface area contributed by atoms with Gasteiger partial charge in [-0.15, -0.1) is 0 Å². The topological polar surface area (TPSA) is 72.5 Å². The largest absolute Gasteiger partial charge is 0.344 e. The minimum atomic E-state index is -0.344. The van der Waals surface area contributed by atoms with Gasteiger partial charge in [-0.05, 0) is 38.4 Å². The number of halogens is 1. The summed E-state index contributed by atoms with van der Waals surface area (Å²) in [6.07, 6.45) is 0.273. The van der Waals surface area contributed by atoms with Gasteiger partial charge in [-0.1, -0.05) is 0 Å². The zero-order chi connectivity index (χ0) is 19.6. The number of rotatable bonds is 6. The Balaban J connectivity index is 1.79. The lowest BCUT2D eigenvalue weighted by atomic mass is 10.0. The monoisotopic (exact) mass is 373 g/mol. The second-order valence-electron chi connectivity index (χ2n) is 7.10. The molecule has 1 aromatic heterocycles. The maximum atomic E-state index is 13.1. The molecule has 3 rings (SSSR count). The lowest BCUT2D eigenvalue weighted by Gasteiger charge is -2.21. The van der Waals surface area contributed by atoms with Crippen LogP contribution in [-0.2, 0) is 4.79 Å². The number of H-pyrrole nitrogens is 1. The molecule has 144 valence electrons. The molecule has 0 unspecified atom stereocenters. The van der Waals surface area contributed by atoms with E-state index in [2.05, 4.69) is 14.9 Å². The van der Waals surface area contributed by atoms with Gasteiger partial charge in [0.25, 0.3) is 5.56 Å². The van der Waals surface area contributed by atoms with Crippen LogP contribution in [0.2, 0.25) is 0 Å². The number of benzene rings is 1. The van der Waals surface area contributed by atoms with E-state index in [1.54, 1.807) is 17.0 Å². The van der Waals surface area contributed by atoms with Gasteiger partial charge in [-0.25, -0.2) is 9.37 Å². The van der Waals surface area contributed by atoms with Gasteiger partial charge in [0.1, 0.15) is 5.82 Å². The van der Waals surface area contributed by atoms with Crippen LogP contribution in [0.25, 0.3) is 0 Å². The SMILES string of the molecule is CN(C)CCN(C)c1nc([C@H]2CC(=O)N(c3ccc(F)cc3)C2)cc(=O)[nH]1. The summed E-state index contributed by atoms with van der Waals surface area (Å²) in [6.45, 7) is 1.96. The number of hydrogen-bond acceptors (Lipinski definition) is 5. The zero-order valence-electron chi connectivity index (χ0n) is 15.8. The van der Waals surface area contributed by atoms with Crippen molar-refractivity contribution < 1.29 is 9.18 Å². The van der Waals surface area contributed by atoms with E-state index in [0.29, 0.717) is 30.4 Å². The number of likely N-dealkylation sites (N-methyl/N-ethyl adjacent to an activating group) is 2. The van der Waals surface area contributed by atoms with Crippen LogP contribution in [-0.4, -0.2) is 61.6 Å². The number of nitrogens with one attached hydrogen (secondary N) is 1. The molecule has 1 amide bonds. The Kier molecular flexibility index (Phi) is 5.55. The second kappa shape index (κ2) is 7.87. The Morgan fingerprint density at radius 3 is 2.56 bits per heavy atom. The van der Waals surface area contributed by atoms with Gasteiger partial charge in [0.2, 0.25) is 11.9 Å². The number of amides is 1. The molecule has 0 saturated carbocycles. The lowest BCUT2D eigenvalue weighted by molar-refractivity contribution is -0.117. The van der Waals surface area contributed by atoms with Crippen LogP contribution in [0.1, 0.15) is 18.0 Å². The minimum absolute atomic E-state index is 0.0591.